The molecule has 3 rings (SSSR count). The fourth-order valence-electron chi connectivity index (χ4n) is 3.73. The van der Waals surface area contributed by atoms with Gasteiger partial charge in [-0.3, -0.25) is 9.59 Å². The van der Waals surface area contributed by atoms with E-state index in [4.69, 9.17) is 4.74 Å². The van der Waals surface area contributed by atoms with Crippen molar-refractivity contribution in [3.8, 4) is 0 Å². The highest BCUT2D eigenvalue weighted by Gasteiger charge is 2.56. The summed E-state index contributed by atoms with van der Waals surface area (Å²) in [6, 6.07) is -0.396. The summed E-state index contributed by atoms with van der Waals surface area (Å²) >= 11 is 0. The maximum atomic E-state index is 12.5. The molecule has 5 heteroatoms. The van der Waals surface area contributed by atoms with Gasteiger partial charge in [0.05, 0.1) is 6.10 Å². The van der Waals surface area contributed by atoms with Gasteiger partial charge in [0.15, 0.2) is 0 Å². The molecule has 1 N–H and O–H groups in total. The minimum atomic E-state index is -0.639. The van der Waals surface area contributed by atoms with Gasteiger partial charge in [0.25, 0.3) is 0 Å². The normalized spacial score (nSPS) is 37.0. The van der Waals surface area contributed by atoms with E-state index in [9.17, 15) is 9.59 Å². The predicted octanol–water partition coefficient (Wildman–Crippen LogP) is 1.46. The molecule has 1 aliphatic carbocycles. The van der Waals surface area contributed by atoms with E-state index in [0.29, 0.717) is 18.6 Å². The number of carbonyl (C=O) groups excluding carboxylic acids is 2. The summed E-state index contributed by atoms with van der Waals surface area (Å²) in [6.45, 7) is 5.26. The van der Waals surface area contributed by atoms with Crippen molar-refractivity contribution in [2.45, 2.75) is 70.1 Å². The Kier molecular flexibility index (Phi) is 3.95. The van der Waals surface area contributed by atoms with Gasteiger partial charge >= 0.3 is 0 Å². The smallest absolute Gasteiger partial charge is 0.246 e. The van der Waals surface area contributed by atoms with Crippen molar-refractivity contribution in [3.05, 3.63) is 0 Å². The third kappa shape index (κ3) is 2.68. The van der Waals surface area contributed by atoms with Crippen molar-refractivity contribution in [1.82, 2.24) is 10.2 Å². The molecule has 3 aliphatic rings. The van der Waals surface area contributed by atoms with Crippen molar-refractivity contribution < 1.29 is 14.3 Å². The zero-order valence-corrected chi connectivity index (χ0v) is 13.1. The molecule has 3 atom stereocenters. The Morgan fingerprint density at radius 1 is 1.33 bits per heavy atom. The van der Waals surface area contributed by atoms with Crippen LogP contribution in [-0.2, 0) is 14.3 Å². The van der Waals surface area contributed by atoms with Gasteiger partial charge in [0.1, 0.15) is 11.6 Å². The molecule has 0 aromatic carbocycles. The van der Waals surface area contributed by atoms with E-state index in [1.807, 2.05) is 11.8 Å². The number of piperazine rings is 1. The highest BCUT2D eigenvalue weighted by Crippen LogP contribution is 2.44. The Balaban J connectivity index is 1.65. The summed E-state index contributed by atoms with van der Waals surface area (Å²) in [5.41, 5.74) is -0.639. The van der Waals surface area contributed by atoms with Crippen LogP contribution in [0.5, 0.6) is 0 Å². The molecule has 0 spiro atoms. The van der Waals surface area contributed by atoms with Crippen LogP contribution >= 0.6 is 0 Å². The lowest BCUT2D eigenvalue weighted by Crippen LogP contribution is -2.70. The van der Waals surface area contributed by atoms with E-state index in [1.165, 1.54) is 0 Å². The van der Waals surface area contributed by atoms with Gasteiger partial charge in [-0.1, -0.05) is 0 Å². The molecule has 3 fully saturated rings. The molecular weight excluding hydrogens is 268 g/mol. The van der Waals surface area contributed by atoms with Crippen molar-refractivity contribution in [3.63, 3.8) is 0 Å². The van der Waals surface area contributed by atoms with Crippen LogP contribution in [0, 0.1) is 5.92 Å². The number of ether oxygens (including phenoxy) is 1. The van der Waals surface area contributed by atoms with Crippen LogP contribution in [0.15, 0.2) is 0 Å². The molecule has 1 saturated carbocycles. The van der Waals surface area contributed by atoms with Crippen LogP contribution in [0.25, 0.3) is 0 Å². The van der Waals surface area contributed by atoms with Crippen LogP contribution in [-0.4, -0.2) is 47.6 Å². The molecule has 0 bridgehead atoms. The molecule has 2 heterocycles. The van der Waals surface area contributed by atoms with Gasteiger partial charge in [-0.15, -0.1) is 0 Å². The number of nitrogens with one attached hydrogen (secondary N) is 1. The molecule has 3 unspecified atom stereocenters. The van der Waals surface area contributed by atoms with Gasteiger partial charge in [-0.25, -0.2) is 0 Å². The van der Waals surface area contributed by atoms with Gasteiger partial charge in [0, 0.05) is 13.2 Å². The second-order valence-corrected chi connectivity index (χ2v) is 6.88. The largest absolute Gasteiger partial charge is 0.378 e. The predicted molar refractivity (Wildman–Crippen MR) is 78.7 cm³/mol. The van der Waals surface area contributed by atoms with Gasteiger partial charge < -0.3 is 15.0 Å². The number of carbonyl (C=O) groups is 2. The maximum Gasteiger partial charge on any atom is 0.246 e. The monoisotopic (exact) mass is 294 g/mol. The summed E-state index contributed by atoms with van der Waals surface area (Å²) in [6.07, 6.45) is 6.63. The van der Waals surface area contributed by atoms with Crippen LogP contribution < -0.4 is 5.32 Å². The van der Waals surface area contributed by atoms with Gasteiger partial charge in [-0.2, -0.15) is 0 Å². The fraction of sp³-hybridized carbons (Fsp3) is 0.875. The second-order valence-electron chi connectivity index (χ2n) is 6.88. The van der Waals surface area contributed by atoms with Gasteiger partial charge in [0.2, 0.25) is 11.8 Å². The zero-order chi connectivity index (χ0) is 15.0. The van der Waals surface area contributed by atoms with E-state index in [1.54, 1.807) is 6.92 Å². The standard InChI is InChI=1S/C16H26N2O3/c1-11-14(19)18(9-3-5-13-6-4-10-21-13)16(2,12-7-8-12)15(20)17-11/h11-13H,3-10H2,1-2H3,(H,17,20). The molecule has 21 heavy (non-hydrogen) atoms. The minimum Gasteiger partial charge on any atom is -0.378 e. The number of hydrogen-bond donors (Lipinski definition) is 1. The highest BCUT2D eigenvalue weighted by atomic mass is 16.5. The molecule has 2 saturated heterocycles. The Morgan fingerprint density at radius 3 is 2.71 bits per heavy atom. The average molecular weight is 294 g/mol. The number of hydrogen-bond acceptors (Lipinski definition) is 3. The highest BCUT2D eigenvalue weighted by molar-refractivity contribution is 5.99. The first-order valence-electron chi connectivity index (χ1n) is 8.27. The first-order chi connectivity index (χ1) is 10.0. The Labute approximate surface area is 126 Å². The van der Waals surface area contributed by atoms with E-state index in [0.717, 1.165) is 45.1 Å². The van der Waals surface area contributed by atoms with E-state index < -0.39 is 11.6 Å². The quantitative estimate of drug-likeness (QED) is 0.835. The Bertz CT molecular complexity index is 429. The van der Waals surface area contributed by atoms with E-state index >= 15 is 0 Å². The summed E-state index contributed by atoms with van der Waals surface area (Å²) in [5.74, 6) is 0.419. The summed E-state index contributed by atoms with van der Waals surface area (Å²) in [4.78, 5) is 26.8. The van der Waals surface area contributed by atoms with Crippen LogP contribution in [0.1, 0.15) is 52.4 Å². The number of nitrogens with zero attached hydrogens (tertiary/aromatic N) is 1. The summed E-state index contributed by atoms with van der Waals surface area (Å²) in [7, 11) is 0. The van der Waals surface area contributed by atoms with Crippen molar-refractivity contribution in [2.24, 2.45) is 5.92 Å². The topological polar surface area (TPSA) is 58.6 Å². The molecule has 118 valence electrons. The lowest BCUT2D eigenvalue weighted by Gasteiger charge is -2.46. The Hall–Kier alpha value is -1.10. The van der Waals surface area contributed by atoms with E-state index in [2.05, 4.69) is 5.32 Å². The molecule has 2 amide bonds. The number of amides is 2. The lowest BCUT2D eigenvalue weighted by atomic mass is 9.88. The van der Waals surface area contributed by atoms with Crippen molar-refractivity contribution >= 4 is 11.8 Å². The SMILES string of the molecule is CC1NC(=O)C(C)(C2CC2)N(CCCC2CCCO2)C1=O. The first-order valence-corrected chi connectivity index (χ1v) is 8.27. The molecule has 5 nitrogen and oxygen atoms in total. The van der Waals surface area contributed by atoms with Crippen LogP contribution in [0.3, 0.4) is 0 Å². The van der Waals surface area contributed by atoms with Crippen LogP contribution in [0.2, 0.25) is 0 Å². The average Bonchev–Trinajstić information content (AvgIpc) is 3.19. The first kappa shape index (κ1) is 14.8. The van der Waals surface area contributed by atoms with Crippen LogP contribution in [0.4, 0.5) is 0 Å². The molecule has 0 radical (unpaired) electrons. The third-order valence-corrected chi connectivity index (χ3v) is 5.31. The third-order valence-electron chi connectivity index (χ3n) is 5.31. The van der Waals surface area contributed by atoms with Crippen molar-refractivity contribution in [2.75, 3.05) is 13.2 Å². The lowest BCUT2D eigenvalue weighted by molar-refractivity contribution is -0.157. The molecule has 0 aromatic heterocycles. The summed E-state index contributed by atoms with van der Waals surface area (Å²) < 4.78 is 5.64. The Morgan fingerprint density at radius 2 is 2.10 bits per heavy atom. The minimum absolute atomic E-state index is 0.0224. The molecule has 2 aliphatic heterocycles. The fourth-order valence-corrected chi connectivity index (χ4v) is 3.73. The number of rotatable bonds is 5. The second kappa shape index (κ2) is 5.59. The van der Waals surface area contributed by atoms with E-state index in [-0.39, 0.29) is 11.8 Å². The van der Waals surface area contributed by atoms with Gasteiger partial charge in [-0.05, 0) is 58.3 Å². The van der Waals surface area contributed by atoms with Crippen molar-refractivity contribution in [1.29, 1.82) is 0 Å². The summed E-state index contributed by atoms with van der Waals surface area (Å²) in [5, 5.41) is 2.85. The molecular formula is C16H26N2O3. The maximum absolute atomic E-state index is 12.5. The zero-order valence-electron chi connectivity index (χ0n) is 13.1. The molecule has 0 aromatic rings.